The number of carbonyl (C=O) groups is 2. The minimum absolute atomic E-state index is 0.00926. The van der Waals surface area contributed by atoms with Crippen molar-refractivity contribution >= 4 is 34.8 Å². The second-order valence-electron chi connectivity index (χ2n) is 17.2. The van der Waals surface area contributed by atoms with Crippen molar-refractivity contribution in [2.45, 2.75) is 63.8 Å². The first kappa shape index (κ1) is 52.9. The number of hydrogen-bond donors (Lipinski definition) is 3. The molecule has 27 heteroatoms. The topological polar surface area (TPSA) is 260 Å². The predicted octanol–water partition coefficient (Wildman–Crippen LogP) is 7.69. The predicted molar refractivity (Wildman–Crippen MR) is 251 cm³/mol. The summed E-state index contributed by atoms with van der Waals surface area (Å²) < 4.78 is 115. The van der Waals surface area contributed by atoms with E-state index in [1.54, 1.807) is 19.9 Å². The largest absolute Gasteiger partial charge is 0.476 e. The van der Waals surface area contributed by atoms with Gasteiger partial charge in [-0.05, 0) is 64.1 Å². The molecule has 10 rings (SSSR count). The summed E-state index contributed by atoms with van der Waals surface area (Å²) in [6.45, 7) is 8.41. The lowest BCUT2D eigenvalue weighted by Crippen LogP contribution is -2.25. The number of anilines is 2. The number of halogens is 6. The number of nitrogen functional groups attached to an aromatic ring is 1. The molecule has 2 atom stereocenters. The number of carboxylic acids is 1. The van der Waals surface area contributed by atoms with Crippen LogP contribution in [0, 0.1) is 0 Å². The Hall–Kier alpha value is -8.40. The van der Waals surface area contributed by atoms with Crippen LogP contribution in [0.2, 0.25) is 0 Å². The maximum absolute atomic E-state index is 13.5. The van der Waals surface area contributed by atoms with Crippen molar-refractivity contribution in [3.05, 3.63) is 132 Å². The van der Waals surface area contributed by atoms with Gasteiger partial charge in [0.15, 0.2) is 40.1 Å². The minimum Gasteiger partial charge on any atom is -0.476 e. The summed E-state index contributed by atoms with van der Waals surface area (Å²) in [4.78, 5) is 47.4. The van der Waals surface area contributed by atoms with Crippen molar-refractivity contribution in [2.75, 3.05) is 37.5 Å². The van der Waals surface area contributed by atoms with E-state index in [1.165, 1.54) is 94.6 Å². The Morgan fingerprint density at radius 3 is 1.63 bits per heavy atom. The molecule has 2 fully saturated rings. The van der Waals surface area contributed by atoms with Crippen LogP contribution in [0.15, 0.2) is 110 Å². The second-order valence-corrected chi connectivity index (χ2v) is 17.2. The average Bonchev–Trinajstić information content (AvgIpc) is 4.16. The zero-order valence-electron chi connectivity index (χ0n) is 39.9. The van der Waals surface area contributed by atoms with Gasteiger partial charge in [0.05, 0.1) is 72.9 Å². The molecule has 4 N–H and O–H groups in total. The standard InChI is InChI=1S/C24H21F3N6O4.C13H9F3N4.C11H14N2O5/c1-23(2)36-13-14(37-23)12-35-21-11-28-9-18(30-21)22(34)31-20-10-29-19-8-7-17(32-33(19)20)15-5-3-4-6-16(15)24(25,26)27;14-13(15,16)9-4-2-1-3-8(9)10-5-6-12-18-7-11(17)20(12)19-10;1-11(2)17-6-7(18-11)5-16-9-4-12-3-8(13-9)10(14)15/h3-11,14H,12-13H2,1-2H3,(H,31,34);1-7H,17H2;3-4,7H,5-6H2,1-2H3,(H,14,15)/t;;7-/m..1/s1. The Kier molecular flexibility index (Phi) is 15.2. The van der Waals surface area contributed by atoms with Crippen molar-refractivity contribution in [3.8, 4) is 34.3 Å². The smallest absolute Gasteiger partial charge is 0.417 e. The lowest BCUT2D eigenvalue weighted by atomic mass is 10.0. The number of benzene rings is 2. The van der Waals surface area contributed by atoms with Gasteiger partial charge >= 0.3 is 18.3 Å². The number of nitrogens with two attached hydrogens (primary N) is 1. The number of imidazole rings is 2. The van der Waals surface area contributed by atoms with E-state index in [-0.39, 0.29) is 82.7 Å². The van der Waals surface area contributed by atoms with E-state index in [2.05, 4.69) is 45.4 Å². The molecule has 8 aromatic rings. The fourth-order valence-corrected chi connectivity index (χ4v) is 7.32. The molecule has 0 radical (unpaired) electrons. The molecule has 0 bridgehead atoms. The summed E-state index contributed by atoms with van der Waals surface area (Å²) in [6.07, 6.45) is -1.62. The molecule has 75 heavy (non-hydrogen) atoms. The molecule has 0 saturated carbocycles. The molecule has 6 aromatic heterocycles. The summed E-state index contributed by atoms with van der Waals surface area (Å²) in [7, 11) is 0. The van der Waals surface area contributed by atoms with Gasteiger partial charge in [-0.25, -0.2) is 24.7 Å². The van der Waals surface area contributed by atoms with E-state index < -0.39 is 46.9 Å². The highest BCUT2D eigenvalue weighted by atomic mass is 19.4. The SMILES string of the molecule is CC1(C)OCC(COc2cncc(C(=O)Nc3cnc4ccc(-c5ccccc5C(F)(F)F)nn34)n2)O1.CC1(C)OC[C@@H](COc2cncc(C(=O)O)n2)O1.Nc1cnc2ccc(-c3ccccc3C(F)(F)F)nn12. The number of aromatic carboxylic acids is 1. The number of rotatable bonds is 11. The lowest BCUT2D eigenvalue weighted by Gasteiger charge is -2.17. The van der Waals surface area contributed by atoms with Crippen LogP contribution >= 0.6 is 0 Å². The molecule has 21 nitrogen and oxygen atoms in total. The Labute approximate surface area is 420 Å². The molecule has 8 heterocycles. The first-order chi connectivity index (χ1) is 35.5. The molecule has 2 aliphatic rings. The van der Waals surface area contributed by atoms with Crippen LogP contribution in [0.3, 0.4) is 0 Å². The van der Waals surface area contributed by atoms with Gasteiger partial charge in [-0.1, -0.05) is 36.4 Å². The van der Waals surface area contributed by atoms with Crippen LogP contribution in [0.25, 0.3) is 33.8 Å². The zero-order chi connectivity index (χ0) is 53.7. The maximum Gasteiger partial charge on any atom is 0.417 e. The molecule has 2 saturated heterocycles. The van der Waals surface area contributed by atoms with E-state index in [0.29, 0.717) is 24.5 Å². The fourth-order valence-electron chi connectivity index (χ4n) is 7.32. The Balaban J connectivity index is 0.000000165. The maximum atomic E-state index is 13.5. The van der Waals surface area contributed by atoms with Gasteiger partial charge in [0.25, 0.3) is 5.91 Å². The van der Waals surface area contributed by atoms with Crippen LogP contribution in [0.5, 0.6) is 11.8 Å². The number of ether oxygens (including phenoxy) is 6. The van der Waals surface area contributed by atoms with Crippen molar-refractivity contribution in [2.24, 2.45) is 0 Å². The highest BCUT2D eigenvalue weighted by molar-refractivity contribution is 6.02. The molecule has 392 valence electrons. The molecule has 2 aliphatic heterocycles. The number of fused-ring (bicyclic) bond motifs is 2. The van der Waals surface area contributed by atoms with Crippen molar-refractivity contribution in [1.29, 1.82) is 0 Å². The lowest BCUT2D eigenvalue weighted by molar-refractivity contribution is -0.142. The number of alkyl halides is 6. The number of amides is 1. The first-order valence-electron chi connectivity index (χ1n) is 22.4. The second kappa shape index (κ2) is 21.6. The third-order valence-electron chi connectivity index (χ3n) is 10.7. The Morgan fingerprint density at radius 2 is 1.13 bits per heavy atom. The number of carboxylic acid groups (broad SMARTS) is 1. The van der Waals surface area contributed by atoms with Gasteiger partial charge in [0, 0.05) is 11.1 Å². The van der Waals surface area contributed by atoms with Crippen molar-refractivity contribution in [1.82, 2.24) is 49.1 Å². The summed E-state index contributed by atoms with van der Waals surface area (Å²) in [6, 6.07) is 16.4. The molecular weight excluding hydrogens is 1000 g/mol. The molecule has 2 aromatic carbocycles. The van der Waals surface area contributed by atoms with Gasteiger partial charge < -0.3 is 44.6 Å². The van der Waals surface area contributed by atoms with E-state index in [1.807, 2.05) is 13.8 Å². The van der Waals surface area contributed by atoms with E-state index in [9.17, 15) is 35.9 Å². The normalized spacial score (nSPS) is 16.9. The third-order valence-corrected chi connectivity index (χ3v) is 10.7. The molecule has 1 amide bonds. The highest BCUT2D eigenvalue weighted by Crippen LogP contribution is 2.38. The van der Waals surface area contributed by atoms with Crippen LogP contribution in [-0.4, -0.2) is 116 Å². The minimum atomic E-state index is -4.56. The summed E-state index contributed by atoms with van der Waals surface area (Å²) >= 11 is 0. The van der Waals surface area contributed by atoms with E-state index >= 15 is 0 Å². The van der Waals surface area contributed by atoms with Gasteiger partial charge in [-0.2, -0.15) is 45.6 Å². The molecule has 1 unspecified atom stereocenters. The van der Waals surface area contributed by atoms with E-state index in [4.69, 9.17) is 39.3 Å². The molecule has 0 aliphatic carbocycles. The number of aromatic nitrogens is 10. The van der Waals surface area contributed by atoms with Crippen molar-refractivity contribution < 1.29 is 69.5 Å². The fraction of sp³-hybridized carbons (Fsp3) is 0.292. The number of hydrogen-bond acceptors (Lipinski definition) is 17. The van der Waals surface area contributed by atoms with Crippen LogP contribution in [0.4, 0.5) is 38.0 Å². The number of nitrogens with zero attached hydrogens (tertiary/aromatic N) is 10. The monoisotopic (exact) mass is 1050 g/mol. The van der Waals surface area contributed by atoms with Crippen LogP contribution < -0.4 is 20.5 Å². The Morgan fingerprint density at radius 1 is 0.667 bits per heavy atom. The average molecular weight is 1050 g/mol. The molecular formula is C48H44F6N12O9. The Bertz CT molecular complexity index is 3330. The number of nitrogens with one attached hydrogen (secondary N) is 1. The third kappa shape index (κ3) is 13.2. The van der Waals surface area contributed by atoms with Crippen LogP contribution in [-0.2, 0) is 31.3 Å². The first-order valence-corrected chi connectivity index (χ1v) is 22.4. The zero-order valence-corrected chi connectivity index (χ0v) is 39.9. The highest BCUT2D eigenvalue weighted by Gasteiger charge is 2.36. The van der Waals surface area contributed by atoms with Gasteiger partial charge in [-0.3, -0.25) is 14.8 Å². The van der Waals surface area contributed by atoms with Gasteiger partial charge in [0.2, 0.25) is 11.8 Å². The number of carbonyl (C=O) groups excluding carboxylic acids is 1. The van der Waals surface area contributed by atoms with Crippen molar-refractivity contribution in [3.63, 3.8) is 0 Å². The molecule has 0 spiro atoms. The van der Waals surface area contributed by atoms with Crippen LogP contribution in [0.1, 0.15) is 59.8 Å². The summed E-state index contributed by atoms with van der Waals surface area (Å²) in [5.74, 6) is -2.41. The van der Waals surface area contributed by atoms with Gasteiger partial charge in [0.1, 0.15) is 31.2 Å². The van der Waals surface area contributed by atoms with Gasteiger partial charge in [-0.15, -0.1) is 0 Å². The van der Waals surface area contributed by atoms with E-state index in [0.717, 1.165) is 18.3 Å². The quantitative estimate of drug-likeness (QED) is 0.105. The summed E-state index contributed by atoms with van der Waals surface area (Å²) in [5.41, 5.74) is 4.88. The summed E-state index contributed by atoms with van der Waals surface area (Å²) in [5, 5.41) is 19.8.